The Balaban J connectivity index is 2.28. The van der Waals surface area contributed by atoms with Crippen LogP contribution < -0.4 is 0 Å². The van der Waals surface area contributed by atoms with Gasteiger partial charge in [0.2, 0.25) is 0 Å². The Hall–Kier alpha value is -2.40. The van der Waals surface area contributed by atoms with Crippen LogP contribution in [0.4, 0.5) is 0 Å². The molecule has 0 aliphatic carbocycles. The topological polar surface area (TPSA) is 49.9 Å². The molecule has 0 saturated carbocycles. The summed E-state index contributed by atoms with van der Waals surface area (Å²) in [5, 5.41) is 1.89. The fraction of sp³-hybridized carbons (Fsp3) is 0.429. The number of hydrogen-bond acceptors (Lipinski definition) is 4. The molecule has 0 N–H and O–H groups in total. The molecule has 0 fully saturated rings. The molecule has 0 saturated heterocycles. The van der Waals surface area contributed by atoms with Crippen LogP contribution in [0.1, 0.15) is 31.1 Å². The number of amides is 1. The number of likely N-dealkylation sites (N-methyl/N-ethyl adjacent to an activating group) is 1. The molecule has 0 aliphatic rings. The summed E-state index contributed by atoms with van der Waals surface area (Å²) < 4.78 is 5.40. The lowest BCUT2D eigenvalue weighted by atomic mass is 10.0. The molecule has 1 amide bonds. The summed E-state index contributed by atoms with van der Waals surface area (Å²) >= 11 is 0. The molecule has 26 heavy (non-hydrogen) atoms. The Bertz CT molecular complexity index is 773. The molecule has 5 nitrogen and oxygen atoms in total. The Morgan fingerprint density at radius 3 is 2.27 bits per heavy atom. The van der Waals surface area contributed by atoms with Gasteiger partial charge in [0.25, 0.3) is 5.91 Å². The predicted octanol–water partition coefficient (Wildman–Crippen LogP) is 3.19. The van der Waals surface area contributed by atoms with Crippen LogP contribution in [0.2, 0.25) is 0 Å². The van der Waals surface area contributed by atoms with E-state index in [1.165, 1.54) is 0 Å². The van der Waals surface area contributed by atoms with E-state index in [0.717, 1.165) is 10.8 Å². The van der Waals surface area contributed by atoms with E-state index in [4.69, 9.17) is 4.74 Å². The highest BCUT2D eigenvalue weighted by Gasteiger charge is 2.24. The molecule has 140 valence electrons. The van der Waals surface area contributed by atoms with Crippen LogP contribution >= 0.6 is 0 Å². The predicted molar refractivity (Wildman–Crippen MR) is 104 cm³/mol. The van der Waals surface area contributed by atoms with Crippen molar-refractivity contribution in [3.05, 3.63) is 48.0 Å². The number of hydrogen-bond donors (Lipinski definition) is 0. The van der Waals surface area contributed by atoms with Gasteiger partial charge >= 0.3 is 5.97 Å². The van der Waals surface area contributed by atoms with Crippen molar-refractivity contribution in [1.82, 2.24) is 9.80 Å². The lowest BCUT2D eigenvalue weighted by Crippen LogP contribution is -2.42. The Morgan fingerprint density at radius 2 is 1.62 bits per heavy atom. The summed E-state index contributed by atoms with van der Waals surface area (Å²) in [5.74, 6) is -0.556. The maximum Gasteiger partial charge on any atom is 0.326 e. The Kier molecular flexibility index (Phi) is 6.37. The van der Waals surface area contributed by atoms with Gasteiger partial charge < -0.3 is 14.5 Å². The molecule has 2 aromatic carbocycles. The molecular weight excluding hydrogens is 328 g/mol. The summed E-state index contributed by atoms with van der Waals surface area (Å²) in [6.45, 7) is 6.52. The van der Waals surface area contributed by atoms with Crippen molar-refractivity contribution in [1.29, 1.82) is 0 Å². The minimum Gasteiger partial charge on any atom is -0.459 e. The van der Waals surface area contributed by atoms with Crippen LogP contribution in [0.25, 0.3) is 10.8 Å². The monoisotopic (exact) mass is 356 g/mol. The standard InChI is InChI=1S/C21H28N2O3/c1-21(2,3)26-19(24)15-23(14-13-22(4)5)20(25)18-12-8-10-16-9-6-7-11-17(16)18/h6-12H,13-15H2,1-5H3. The smallest absolute Gasteiger partial charge is 0.326 e. The number of rotatable bonds is 6. The number of carbonyl (C=O) groups is 2. The van der Waals surface area contributed by atoms with Crippen LogP contribution in [0.5, 0.6) is 0 Å². The van der Waals surface area contributed by atoms with Gasteiger partial charge in [0, 0.05) is 18.7 Å². The third-order valence-corrected chi connectivity index (χ3v) is 3.86. The van der Waals surface area contributed by atoms with E-state index in [1.807, 2.05) is 82.2 Å². The summed E-state index contributed by atoms with van der Waals surface area (Å²) in [6, 6.07) is 13.4. The van der Waals surface area contributed by atoms with Crippen LogP contribution in [-0.4, -0.2) is 61.0 Å². The van der Waals surface area contributed by atoms with Gasteiger partial charge in [-0.2, -0.15) is 0 Å². The van der Waals surface area contributed by atoms with Gasteiger partial charge in [-0.25, -0.2) is 0 Å². The normalized spacial score (nSPS) is 11.6. The second kappa shape index (κ2) is 8.32. The van der Waals surface area contributed by atoms with E-state index in [2.05, 4.69) is 0 Å². The lowest BCUT2D eigenvalue weighted by molar-refractivity contribution is -0.155. The Morgan fingerprint density at radius 1 is 0.962 bits per heavy atom. The van der Waals surface area contributed by atoms with Gasteiger partial charge in [-0.3, -0.25) is 9.59 Å². The molecule has 0 unspecified atom stereocenters. The fourth-order valence-corrected chi connectivity index (χ4v) is 2.68. The molecule has 2 aromatic rings. The van der Waals surface area contributed by atoms with Crippen molar-refractivity contribution >= 4 is 22.6 Å². The summed E-state index contributed by atoms with van der Waals surface area (Å²) in [6.07, 6.45) is 0. The van der Waals surface area contributed by atoms with Crippen molar-refractivity contribution in [2.45, 2.75) is 26.4 Å². The molecule has 0 radical (unpaired) electrons. The van der Waals surface area contributed by atoms with Crippen molar-refractivity contribution in [3.63, 3.8) is 0 Å². The Labute approximate surface area is 155 Å². The number of ether oxygens (including phenoxy) is 1. The van der Waals surface area contributed by atoms with Crippen LogP contribution in [0, 0.1) is 0 Å². The molecule has 0 heterocycles. The van der Waals surface area contributed by atoms with Crippen molar-refractivity contribution in [3.8, 4) is 0 Å². The SMILES string of the molecule is CN(C)CCN(CC(=O)OC(C)(C)C)C(=O)c1cccc2ccccc12. The first-order valence-electron chi connectivity index (χ1n) is 8.81. The molecule has 2 rings (SSSR count). The molecule has 0 atom stereocenters. The maximum absolute atomic E-state index is 13.2. The van der Waals surface area contributed by atoms with Gasteiger partial charge in [0.05, 0.1) is 0 Å². The van der Waals surface area contributed by atoms with E-state index in [-0.39, 0.29) is 12.5 Å². The third kappa shape index (κ3) is 5.56. The molecule has 0 aliphatic heterocycles. The highest BCUT2D eigenvalue weighted by molar-refractivity contribution is 6.07. The quantitative estimate of drug-likeness (QED) is 0.746. The number of carbonyl (C=O) groups excluding carboxylic acids is 2. The first-order chi connectivity index (χ1) is 12.2. The van der Waals surface area contributed by atoms with E-state index < -0.39 is 11.6 Å². The van der Waals surface area contributed by atoms with Gasteiger partial charge in [0.1, 0.15) is 12.1 Å². The van der Waals surface area contributed by atoms with Crippen molar-refractivity contribution < 1.29 is 14.3 Å². The zero-order valence-corrected chi connectivity index (χ0v) is 16.3. The van der Waals surface area contributed by atoms with Gasteiger partial charge in [-0.1, -0.05) is 36.4 Å². The van der Waals surface area contributed by atoms with Gasteiger partial charge in [-0.15, -0.1) is 0 Å². The van der Waals surface area contributed by atoms with Crippen LogP contribution in [0.15, 0.2) is 42.5 Å². The van der Waals surface area contributed by atoms with Crippen molar-refractivity contribution in [2.75, 3.05) is 33.7 Å². The number of fused-ring (bicyclic) bond motifs is 1. The lowest BCUT2D eigenvalue weighted by Gasteiger charge is -2.26. The summed E-state index contributed by atoms with van der Waals surface area (Å²) in [4.78, 5) is 29.0. The van der Waals surface area contributed by atoms with E-state index in [0.29, 0.717) is 18.7 Å². The van der Waals surface area contributed by atoms with E-state index in [1.54, 1.807) is 4.90 Å². The van der Waals surface area contributed by atoms with Crippen LogP contribution in [-0.2, 0) is 9.53 Å². The number of esters is 1. The molecular formula is C21H28N2O3. The second-order valence-electron chi connectivity index (χ2n) is 7.64. The van der Waals surface area contributed by atoms with E-state index in [9.17, 15) is 9.59 Å². The first-order valence-corrected chi connectivity index (χ1v) is 8.81. The van der Waals surface area contributed by atoms with Crippen LogP contribution in [0.3, 0.4) is 0 Å². The average Bonchev–Trinajstić information content (AvgIpc) is 2.55. The number of nitrogens with zero attached hydrogens (tertiary/aromatic N) is 2. The highest BCUT2D eigenvalue weighted by Crippen LogP contribution is 2.20. The molecule has 0 spiro atoms. The molecule has 0 aromatic heterocycles. The molecule has 0 bridgehead atoms. The van der Waals surface area contributed by atoms with Gasteiger partial charge in [0.15, 0.2) is 0 Å². The van der Waals surface area contributed by atoms with E-state index >= 15 is 0 Å². The zero-order valence-electron chi connectivity index (χ0n) is 16.3. The average molecular weight is 356 g/mol. The number of benzene rings is 2. The highest BCUT2D eigenvalue weighted by atomic mass is 16.6. The zero-order chi connectivity index (χ0) is 19.3. The maximum atomic E-state index is 13.2. The fourth-order valence-electron chi connectivity index (χ4n) is 2.68. The minimum atomic E-state index is -0.577. The summed E-state index contributed by atoms with van der Waals surface area (Å²) in [7, 11) is 3.88. The second-order valence-corrected chi connectivity index (χ2v) is 7.64. The first kappa shape index (κ1) is 19.9. The summed E-state index contributed by atoms with van der Waals surface area (Å²) in [5.41, 5.74) is 0.0256. The van der Waals surface area contributed by atoms with Crippen molar-refractivity contribution in [2.24, 2.45) is 0 Å². The van der Waals surface area contributed by atoms with Gasteiger partial charge in [-0.05, 0) is 51.7 Å². The minimum absolute atomic E-state index is 0.0623. The molecule has 5 heteroatoms. The largest absolute Gasteiger partial charge is 0.459 e. The third-order valence-electron chi connectivity index (χ3n) is 3.86.